The van der Waals surface area contributed by atoms with E-state index in [1.807, 2.05) is 18.2 Å². The fourth-order valence-corrected chi connectivity index (χ4v) is 5.04. The molecule has 0 amide bonds. The summed E-state index contributed by atoms with van der Waals surface area (Å²) in [5.41, 5.74) is 4.22. The fraction of sp³-hybridized carbons (Fsp3) is 0.435. The number of carbonyl (C=O) groups is 1. The van der Waals surface area contributed by atoms with Crippen LogP contribution in [-0.2, 0) is 20.7 Å². The van der Waals surface area contributed by atoms with E-state index in [-0.39, 0.29) is 23.8 Å². The van der Waals surface area contributed by atoms with Crippen molar-refractivity contribution in [1.82, 2.24) is 9.88 Å². The van der Waals surface area contributed by atoms with Crippen molar-refractivity contribution >= 4 is 16.9 Å². The normalized spacial score (nSPS) is 24.5. The van der Waals surface area contributed by atoms with E-state index in [4.69, 9.17) is 14.2 Å². The molecule has 0 spiro atoms. The first-order chi connectivity index (χ1) is 14.1. The number of ether oxygens (including phenoxy) is 3. The molecule has 154 valence electrons. The quantitative estimate of drug-likeness (QED) is 0.362. The largest absolute Gasteiger partial charge is 0.504 e. The van der Waals surface area contributed by atoms with Gasteiger partial charge in [0, 0.05) is 35.6 Å². The molecule has 6 heteroatoms. The molecule has 3 atom stereocenters. The smallest absolute Gasteiger partial charge is 0.337 e. The van der Waals surface area contributed by atoms with Gasteiger partial charge in [0.1, 0.15) is 5.75 Å². The molecule has 1 fully saturated rings. The zero-order valence-electron chi connectivity index (χ0n) is 17.2. The van der Waals surface area contributed by atoms with E-state index in [0.717, 1.165) is 37.2 Å². The summed E-state index contributed by atoms with van der Waals surface area (Å²) in [5, 5.41) is 1.17. The molecule has 1 aromatic carbocycles. The maximum Gasteiger partial charge on any atom is 0.337 e. The van der Waals surface area contributed by atoms with Crippen LogP contribution in [0, 0.1) is 11.8 Å². The molecule has 0 aliphatic carbocycles. The van der Waals surface area contributed by atoms with Crippen molar-refractivity contribution in [3.63, 3.8) is 0 Å². The summed E-state index contributed by atoms with van der Waals surface area (Å²) in [6, 6.07) is 6.31. The lowest BCUT2D eigenvalue weighted by atomic mass is 9.75. The van der Waals surface area contributed by atoms with Crippen molar-refractivity contribution in [3.05, 3.63) is 53.9 Å². The van der Waals surface area contributed by atoms with Crippen LogP contribution in [0.15, 0.2) is 42.7 Å². The number of aromatic amines is 1. The Balaban J connectivity index is 1.77. The van der Waals surface area contributed by atoms with E-state index in [9.17, 15) is 4.79 Å². The molecule has 2 aromatic rings. The second kappa shape index (κ2) is 7.95. The molecule has 1 saturated heterocycles. The number of rotatable bonds is 5. The predicted molar refractivity (Wildman–Crippen MR) is 112 cm³/mol. The van der Waals surface area contributed by atoms with Crippen LogP contribution in [0.25, 0.3) is 10.9 Å². The van der Waals surface area contributed by atoms with Crippen molar-refractivity contribution in [2.45, 2.75) is 18.9 Å². The highest BCUT2D eigenvalue weighted by atomic mass is 16.5. The predicted octanol–water partition coefficient (Wildman–Crippen LogP) is 3.60. The van der Waals surface area contributed by atoms with Gasteiger partial charge in [0.25, 0.3) is 0 Å². The number of fused-ring (bicyclic) bond motifs is 5. The lowest BCUT2D eigenvalue weighted by Crippen LogP contribution is -2.46. The van der Waals surface area contributed by atoms with Crippen LogP contribution in [0.3, 0.4) is 0 Å². The topological polar surface area (TPSA) is 63.8 Å². The highest BCUT2D eigenvalue weighted by Crippen LogP contribution is 2.46. The molecule has 1 N–H and O–H groups in total. The third-order valence-corrected chi connectivity index (χ3v) is 6.37. The number of carbonyl (C=O) groups excluding carboxylic acids is 1. The summed E-state index contributed by atoms with van der Waals surface area (Å²) in [4.78, 5) is 18.6. The van der Waals surface area contributed by atoms with Gasteiger partial charge in [-0.2, -0.15) is 0 Å². The third kappa shape index (κ3) is 3.21. The molecule has 29 heavy (non-hydrogen) atoms. The van der Waals surface area contributed by atoms with Crippen molar-refractivity contribution in [3.8, 4) is 5.75 Å². The van der Waals surface area contributed by atoms with Gasteiger partial charge in [0.2, 0.25) is 0 Å². The summed E-state index contributed by atoms with van der Waals surface area (Å²) >= 11 is 0. The number of aromatic nitrogens is 1. The minimum Gasteiger partial charge on any atom is -0.504 e. The molecule has 2 aliphatic heterocycles. The Kier molecular flexibility index (Phi) is 5.37. The molecule has 0 bridgehead atoms. The minimum absolute atomic E-state index is 0.0135. The Morgan fingerprint density at radius 3 is 2.83 bits per heavy atom. The number of benzene rings is 1. The molecular formula is C23H28N2O4. The number of hydrogen-bond acceptors (Lipinski definition) is 5. The lowest BCUT2D eigenvalue weighted by molar-refractivity contribution is -0.137. The first-order valence-electron chi connectivity index (χ1n) is 9.98. The van der Waals surface area contributed by atoms with Crippen LogP contribution in [-0.4, -0.2) is 50.3 Å². The summed E-state index contributed by atoms with van der Waals surface area (Å²) in [7, 11) is 4.68. The number of piperidine rings is 1. The average molecular weight is 396 g/mol. The van der Waals surface area contributed by atoms with E-state index in [1.54, 1.807) is 14.2 Å². The number of hydrogen-bond donors (Lipinski definition) is 1. The van der Waals surface area contributed by atoms with E-state index < -0.39 is 0 Å². The Hall–Kier alpha value is -2.73. The first kappa shape index (κ1) is 19.6. The summed E-state index contributed by atoms with van der Waals surface area (Å²) < 4.78 is 15.9. The molecular weight excluding hydrogens is 368 g/mol. The molecule has 0 unspecified atom stereocenters. The van der Waals surface area contributed by atoms with Crippen LogP contribution in [0.4, 0.5) is 0 Å². The maximum atomic E-state index is 12.4. The average Bonchev–Trinajstić information content (AvgIpc) is 3.15. The Morgan fingerprint density at radius 2 is 2.14 bits per heavy atom. The Labute approximate surface area is 171 Å². The van der Waals surface area contributed by atoms with Gasteiger partial charge in [-0.1, -0.05) is 12.1 Å². The molecule has 3 heterocycles. The molecule has 1 aromatic heterocycles. The number of esters is 1. The van der Waals surface area contributed by atoms with Gasteiger partial charge in [-0.05, 0) is 36.5 Å². The van der Waals surface area contributed by atoms with Gasteiger partial charge < -0.3 is 19.2 Å². The number of nitrogens with zero attached hydrogens (tertiary/aromatic N) is 1. The SMILES string of the molecule is C=C[C@H]1CN2CCc3c([nH]c4cccc(OC)c34)[C@@H]2C[C@@H]1/C(=C/OC)C(=O)OC. The monoisotopic (exact) mass is 396 g/mol. The van der Waals surface area contributed by atoms with Crippen molar-refractivity contribution < 1.29 is 19.0 Å². The number of H-pyrrole nitrogens is 1. The Bertz CT molecular complexity index is 961. The van der Waals surface area contributed by atoms with E-state index in [1.165, 1.54) is 30.0 Å². The van der Waals surface area contributed by atoms with Gasteiger partial charge in [-0.25, -0.2) is 4.79 Å². The zero-order chi connectivity index (χ0) is 20.5. The minimum atomic E-state index is -0.341. The zero-order valence-corrected chi connectivity index (χ0v) is 17.2. The van der Waals surface area contributed by atoms with Gasteiger partial charge >= 0.3 is 5.97 Å². The van der Waals surface area contributed by atoms with Crippen molar-refractivity contribution in [2.75, 3.05) is 34.4 Å². The second-order valence-corrected chi connectivity index (χ2v) is 7.70. The molecule has 0 saturated carbocycles. The van der Waals surface area contributed by atoms with E-state index in [0.29, 0.717) is 5.57 Å². The van der Waals surface area contributed by atoms with Crippen LogP contribution < -0.4 is 4.74 Å². The molecule has 4 rings (SSSR count). The summed E-state index contributed by atoms with van der Waals surface area (Å²) in [6.45, 7) is 5.85. The van der Waals surface area contributed by atoms with Gasteiger partial charge in [0.05, 0.1) is 39.2 Å². The molecule has 0 radical (unpaired) electrons. The summed E-state index contributed by atoms with van der Waals surface area (Å²) in [5.74, 6) is 0.707. The van der Waals surface area contributed by atoms with Crippen molar-refractivity contribution in [2.24, 2.45) is 11.8 Å². The van der Waals surface area contributed by atoms with Crippen LogP contribution in [0.5, 0.6) is 5.75 Å². The van der Waals surface area contributed by atoms with Crippen molar-refractivity contribution in [1.29, 1.82) is 0 Å². The second-order valence-electron chi connectivity index (χ2n) is 7.70. The fourth-order valence-electron chi connectivity index (χ4n) is 5.04. The van der Waals surface area contributed by atoms with Gasteiger partial charge in [0.15, 0.2) is 0 Å². The van der Waals surface area contributed by atoms with Crippen LogP contribution in [0.2, 0.25) is 0 Å². The number of methoxy groups -OCH3 is 3. The van der Waals surface area contributed by atoms with E-state index >= 15 is 0 Å². The maximum absolute atomic E-state index is 12.4. The van der Waals surface area contributed by atoms with E-state index in [2.05, 4.69) is 22.5 Å². The third-order valence-electron chi connectivity index (χ3n) is 6.37. The molecule has 2 aliphatic rings. The number of nitrogens with one attached hydrogen (secondary N) is 1. The standard InChI is InChI=1S/C23H28N2O4/c1-5-14-12-25-10-9-15-21-18(7-6-8-20(21)28-3)24-22(15)19(25)11-16(14)17(13-27-2)23(26)29-4/h5-8,13-14,16,19,24H,1,9-12H2,2-4H3/b17-13-/t14-,16-,19-/m0/s1. The molecule has 6 nitrogen and oxygen atoms in total. The van der Waals surface area contributed by atoms with Crippen LogP contribution in [0.1, 0.15) is 23.7 Å². The van der Waals surface area contributed by atoms with Gasteiger partial charge in [-0.3, -0.25) is 4.90 Å². The van der Waals surface area contributed by atoms with Crippen LogP contribution >= 0.6 is 0 Å². The highest BCUT2D eigenvalue weighted by molar-refractivity contribution is 5.91. The lowest BCUT2D eigenvalue weighted by Gasteiger charge is -2.45. The first-order valence-corrected chi connectivity index (χ1v) is 9.98. The Morgan fingerprint density at radius 1 is 1.31 bits per heavy atom. The highest BCUT2D eigenvalue weighted by Gasteiger charge is 2.42. The van der Waals surface area contributed by atoms with Gasteiger partial charge in [-0.15, -0.1) is 6.58 Å². The summed E-state index contributed by atoms with van der Waals surface area (Å²) in [6.07, 6.45) is 5.25.